The number of hydrogen-bond acceptors (Lipinski definition) is 7. The van der Waals surface area contributed by atoms with Crippen molar-refractivity contribution in [3.63, 3.8) is 0 Å². The van der Waals surface area contributed by atoms with Gasteiger partial charge in [-0.2, -0.15) is 0 Å². The molecule has 206 valence electrons. The van der Waals surface area contributed by atoms with Gasteiger partial charge in [0.1, 0.15) is 18.3 Å². The molecule has 3 aromatic carbocycles. The SMILES string of the molecule is COC(=O)[C@H]1O[C@H](COCc2ccccc2)[C@H](OCc2ccccc2)[C@H](OCc2ccccc2)[C@H]1NC(C)=O. The molecule has 0 unspecified atom stereocenters. The van der Waals surface area contributed by atoms with E-state index < -0.39 is 36.4 Å². The maximum atomic E-state index is 12.9. The van der Waals surface area contributed by atoms with Gasteiger partial charge in [-0.25, -0.2) is 4.79 Å². The third-order valence-electron chi connectivity index (χ3n) is 6.46. The van der Waals surface area contributed by atoms with Crippen molar-refractivity contribution in [1.82, 2.24) is 5.32 Å². The Morgan fingerprint density at radius 3 is 1.72 bits per heavy atom. The Bertz CT molecular complexity index is 1160. The lowest BCUT2D eigenvalue weighted by molar-refractivity contribution is -0.236. The van der Waals surface area contributed by atoms with Crippen molar-refractivity contribution in [3.05, 3.63) is 108 Å². The Balaban J connectivity index is 1.61. The second-order valence-corrected chi connectivity index (χ2v) is 9.37. The van der Waals surface area contributed by atoms with Gasteiger partial charge in [0.2, 0.25) is 5.91 Å². The molecular formula is C31H35NO7. The summed E-state index contributed by atoms with van der Waals surface area (Å²) in [5.41, 5.74) is 2.92. The maximum absolute atomic E-state index is 12.9. The largest absolute Gasteiger partial charge is 0.467 e. The Morgan fingerprint density at radius 1 is 0.744 bits per heavy atom. The van der Waals surface area contributed by atoms with Crippen LogP contribution in [0.4, 0.5) is 0 Å². The van der Waals surface area contributed by atoms with E-state index in [0.717, 1.165) is 16.7 Å². The lowest BCUT2D eigenvalue weighted by Crippen LogP contribution is -2.67. The van der Waals surface area contributed by atoms with Gasteiger partial charge in [0.15, 0.2) is 6.10 Å². The first kappa shape index (κ1) is 28.4. The highest BCUT2D eigenvalue weighted by atomic mass is 16.6. The minimum Gasteiger partial charge on any atom is -0.467 e. The Labute approximate surface area is 229 Å². The molecule has 0 radical (unpaired) electrons. The number of hydrogen-bond donors (Lipinski definition) is 1. The molecule has 5 atom stereocenters. The molecule has 3 aromatic rings. The molecule has 1 aliphatic rings. The molecule has 8 heteroatoms. The number of benzene rings is 3. The van der Waals surface area contributed by atoms with Crippen LogP contribution in [0.5, 0.6) is 0 Å². The molecule has 1 fully saturated rings. The molecule has 4 rings (SSSR count). The van der Waals surface area contributed by atoms with Crippen molar-refractivity contribution >= 4 is 11.9 Å². The standard InChI is InChI=1S/C31H35NO7/c1-22(33)32-27-29(38-20-25-16-10-5-11-17-25)28(37-19-24-14-8-4-9-15-24)26(39-30(27)31(34)35-2)21-36-18-23-12-6-3-7-13-23/h3-17,26-30H,18-21H2,1-2H3,(H,32,33)/t26-,27-,28+,29-,30+/m1/s1. The quantitative estimate of drug-likeness (QED) is 0.354. The fraction of sp³-hybridized carbons (Fsp3) is 0.355. The van der Waals surface area contributed by atoms with Crippen molar-refractivity contribution < 1.29 is 33.3 Å². The van der Waals surface area contributed by atoms with Crippen LogP contribution in [-0.4, -0.2) is 56.1 Å². The zero-order valence-corrected chi connectivity index (χ0v) is 22.2. The van der Waals surface area contributed by atoms with E-state index in [4.69, 9.17) is 23.7 Å². The van der Waals surface area contributed by atoms with Gasteiger partial charge in [-0.3, -0.25) is 4.79 Å². The third-order valence-corrected chi connectivity index (χ3v) is 6.46. The molecule has 1 aliphatic heterocycles. The molecular weight excluding hydrogens is 498 g/mol. The zero-order valence-electron chi connectivity index (χ0n) is 22.2. The van der Waals surface area contributed by atoms with Crippen LogP contribution in [0.15, 0.2) is 91.0 Å². The van der Waals surface area contributed by atoms with Crippen LogP contribution >= 0.6 is 0 Å². The van der Waals surface area contributed by atoms with Crippen LogP contribution < -0.4 is 5.32 Å². The van der Waals surface area contributed by atoms with Crippen LogP contribution in [-0.2, 0) is 53.1 Å². The summed E-state index contributed by atoms with van der Waals surface area (Å²) in [5.74, 6) is -0.942. The van der Waals surface area contributed by atoms with Crippen LogP contribution in [0.3, 0.4) is 0 Å². The smallest absolute Gasteiger partial charge is 0.337 e. The lowest BCUT2D eigenvalue weighted by atomic mass is 9.91. The van der Waals surface area contributed by atoms with Gasteiger partial charge in [-0.05, 0) is 16.7 Å². The summed E-state index contributed by atoms with van der Waals surface area (Å²) in [5, 5.41) is 2.85. The normalized spacial score (nSPS) is 22.7. The summed E-state index contributed by atoms with van der Waals surface area (Å²) in [6.45, 7) is 2.42. The molecule has 1 saturated heterocycles. The fourth-order valence-electron chi connectivity index (χ4n) is 4.58. The number of amides is 1. The van der Waals surface area contributed by atoms with E-state index in [2.05, 4.69) is 5.32 Å². The Kier molecular flexibility index (Phi) is 10.6. The van der Waals surface area contributed by atoms with Gasteiger partial charge in [-0.1, -0.05) is 91.0 Å². The fourth-order valence-corrected chi connectivity index (χ4v) is 4.58. The number of ether oxygens (including phenoxy) is 5. The highest BCUT2D eigenvalue weighted by Gasteiger charge is 2.51. The zero-order chi connectivity index (χ0) is 27.5. The second-order valence-electron chi connectivity index (χ2n) is 9.37. The molecule has 0 aromatic heterocycles. The molecule has 39 heavy (non-hydrogen) atoms. The van der Waals surface area contributed by atoms with E-state index in [-0.39, 0.29) is 25.7 Å². The van der Waals surface area contributed by atoms with Crippen LogP contribution in [0.1, 0.15) is 23.6 Å². The van der Waals surface area contributed by atoms with E-state index in [1.54, 1.807) is 0 Å². The lowest BCUT2D eigenvalue weighted by Gasteiger charge is -2.45. The highest BCUT2D eigenvalue weighted by Crippen LogP contribution is 2.29. The summed E-state index contributed by atoms with van der Waals surface area (Å²) in [6, 6.07) is 28.4. The molecule has 0 aliphatic carbocycles. The van der Waals surface area contributed by atoms with E-state index in [0.29, 0.717) is 6.61 Å². The van der Waals surface area contributed by atoms with Crippen molar-refractivity contribution in [2.45, 2.75) is 57.2 Å². The van der Waals surface area contributed by atoms with E-state index >= 15 is 0 Å². The average Bonchev–Trinajstić information content (AvgIpc) is 2.97. The number of rotatable bonds is 12. The number of methoxy groups -OCH3 is 1. The van der Waals surface area contributed by atoms with Crippen molar-refractivity contribution in [2.24, 2.45) is 0 Å². The highest BCUT2D eigenvalue weighted by molar-refractivity contribution is 5.79. The number of carbonyl (C=O) groups excluding carboxylic acids is 2. The number of nitrogens with one attached hydrogen (secondary N) is 1. The van der Waals surface area contributed by atoms with Gasteiger partial charge in [0, 0.05) is 6.92 Å². The first-order valence-electron chi connectivity index (χ1n) is 13.0. The summed E-state index contributed by atoms with van der Waals surface area (Å²) in [4.78, 5) is 25.1. The minimum absolute atomic E-state index is 0.139. The first-order chi connectivity index (χ1) is 19.0. The van der Waals surface area contributed by atoms with E-state index in [9.17, 15) is 9.59 Å². The molecule has 0 spiro atoms. The molecule has 1 N–H and O–H groups in total. The van der Waals surface area contributed by atoms with Crippen LogP contribution in [0.2, 0.25) is 0 Å². The van der Waals surface area contributed by atoms with Gasteiger partial charge in [0.25, 0.3) is 0 Å². The monoisotopic (exact) mass is 533 g/mol. The van der Waals surface area contributed by atoms with Gasteiger partial charge in [-0.15, -0.1) is 0 Å². The first-order valence-corrected chi connectivity index (χ1v) is 13.0. The number of esters is 1. The predicted molar refractivity (Wildman–Crippen MR) is 144 cm³/mol. The van der Waals surface area contributed by atoms with Crippen molar-refractivity contribution in [3.8, 4) is 0 Å². The second kappa shape index (κ2) is 14.6. The molecule has 1 amide bonds. The summed E-state index contributed by atoms with van der Waals surface area (Å²) >= 11 is 0. The van der Waals surface area contributed by atoms with Crippen molar-refractivity contribution in [2.75, 3.05) is 13.7 Å². The molecule has 8 nitrogen and oxygen atoms in total. The molecule has 1 heterocycles. The van der Waals surface area contributed by atoms with E-state index in [1.807, 2.05) is 91.0 Å². The summed E-state index contributed by atoms with van der Waals surface area (Å²) < 4.78 is 30.2. The van der Waals surface area contributed by atoms with Crippen LogP contribution in [0, 0.1) is 0 Å². The van der Waals surface area contributed by atoms with Crippen LogP contribution in [0.25, 0.3) is 0 Å². The van der Waals surface area contributed by atoms with Gasteiger partial charge >= 0.3 is 5.97 Å². The van der Waals surface area contributed by atoms with Crippen molar-refractivity contribution in [1.29, 1.82) is 0 Å². The average molecular weight is 534 g/mol. The Hall–Kier alpha value is -3.56. The summed E-state index contributed by atoms with van der Waals surface area (Å²) in [7, 11) is 1.29. The number of carbonyl (C=O) groups is 2. The van der Waals surface area contributed by atoms with Gasteiger partial charge in [0.05, 0.1) is 39.6 Å². The summed E-state index contributed by atoms with van der Waals surface area (Å²) in [6.07, 6.45) is -3.18. The topological polar surface area (TPSA) is 92.3 Å². The van der Waals surface area contributed by atoms with Gasteiger partial charge < -0.3 is 29.0 Å². The maximum Gasteiger partial charge on any atom is 0.337 e. The molecule has 0 saturated carbocycles. The predicted octanol–water partition coefficient (Wildman–Crippen LogP) is 3.82. The van der Waals surface area contributed by atoms with E-state index in [1.165, 1.54) is 14.0 Å². The minimum atomic E-state index is -1.11. The molecule has 0 bridgehead atoms. The Morgan fingerprint density at radius 2 is 1.23 bits per heavy atom. The third kappa shape index (κ3) is 8.21.